The minimum Gasteiger partial charge on any atom is -0.388 e. The summed E-state index contributed by atoms with van der Waals surface area (Å²) >= 11 is 0. The number of halogens is 2. The summed E-state index contributed by atoms with van der Waals surface area (Å²) in [7, 11) is 0. The molecule has 0 aliphatic rings. The highest BCUT2D eigenvalue weighted by molar-refractivity contribution is 5.18. The molecule has 5 heteroatoms. The zero-order valence-corrected chi connectivity index (χ0v) is 10.3. The first-order valence-corrected chi connectivity index (χ1v) is 6.05. The van der Waals surface area contributed by atoms with Gasteiger partial charge in [0.2, 0.25) is 0 Å². The van der Waals surface area contributed by atoms with E-state index in [4.69, 9.17) is 0 Å². The molecular formula is C14H14F2N2O. The molecule has 1 atom stereocenters. The van der Waals surface area contributed by atoms with Crippen molar-refractivity contribution in [1.82, 2.24) is 9.97 Å². The molecule has 0 fully saturated rings. The lowest BCUT2D eigenvalue weighted by Crippen LogP contribution is -2.01. The number of rotatable bonds is 5. The predicted molar refractivity (Wildman–Crippen MR) is 66.3 cm³/mol. The minimum atomic E-state index is -0.638. The van der Waals surface area contributed by atoms with E-state index in [9.17, 15) is 13.9 Å². The van der Waals surface area contributed by atoms with Gasteiger partial charge in [-0.05, 0) is 30.5 Å². The first-order valence-electron chi connectivity index (χ1n) is 6.05. The van der Waals surface area contributed by atoms with Gasteiger partial charge in [-0.3, -0.25) is 0 Å². The van der Waals surface area contributed by atoms with Crippen molar-refractivity contribution in [3.8, 4) is 0 Å². The van der Waals surface area contributed by atoms with Crippen LogP contribution in [0.3, 0.4) is 0 Å². The van der Waals surface area contributed by atoms with Gasteiger partial charge in [0.1, 0.15) is 11.6 Å². The Labute approximate surface area is 110 Å². The molecule has 1 N–H and O–H groups in total. The monoisotopic (exact) mass is 264 g/mol. The first kappa shape index (κ1) is 13.5. The van der Waals surface area contributed by atoms with E-state index in [2.05, 4.69) is 9.97 Å². The van der Waals surface area contributed by atoms with Crippen LogP contribution in [0.5, 0.6) is 0 Å². The summed E-state index contributed by atoms with van der Waals surface area (Å²) in [4.78, 5) is 7.68. The van der Waals surface area contributed by atoms with E-state index in [1.54, 1.807) is 12.1 Å². The van der Waals surface area contributed by atoms with Crippen LogP contribution in [0.1, 0.15) is 30.3 Å². The third-order valence-corrected chi connectivity index (χ3v) is 2.81. The number of benzene rings is 1. The zero-order valence-electron chi connectivity index (χ0n) is 10.3. The van der Waals surface area contributed by atoms with Gasteiger partial charge in [0.15, 0.2) is 5.82 Å². The molecule has 0 aliphatic heterocycles. The van der Waals surface area contributed by atoms with Crippen molar-refractivity contribution in [2.75, 3.05) is 0 Å². The van der Waals surface area contributed by atoms with E-state index >= 15 is 0 Å². The van der Waals surface area contributed by atoms with Crippen LogP contribution >= 0.6 is 0 Å². The summed E-state index contributed by atoms with van der Waals surface area (Å²) in [5.74, 6) is -0.238. The molecule has 0 saturated carbocycles. The summed E-state index contributed by atoms with van der Waals surface area (Å²) < 4.78 is 25.3. The van der Waals surface area contributed by atoms with Crippen molar-refractivity contribution in [3.05, 3.63) is 59.7 Å². The summed E-state index contributed by atoms with van der Waals surface area (Å²) in [6.45, 7) is 0. The van der Waals surface area contributed by atoms with Crippen LogP contribution < -0.4 is 0 Å². The molecule has 0 amide bonds. The maximum atomic E-state index is 12.7. The molecule has 1 aromatic carbocycles. The Morgan fingerprint density at radius 3 is 2.26 bits per heavy atom. The average Bonchev–Trinajstić information content (AvgIpc) is 2.41. The topological polar surface area (TPSA) is 46.0 Å². The zero-order chi connectivity index (χ0) is 13.7. The molecule has 0 bridgehead atoms. The predicted octanol–water partition coefficient (Wildman–Crippen LogP) is 2.81. The molecule has 1 unspecified atom stereocenters. The van der Waals surface area contributed by atoms with Crippen LogP contribution in [0.15, 0.2) is 36.7 Å². The van der Waals surface area contributed by atoms with Crippen molar-refractivity contribution < 1.29 is 13.9 Å². The number of hydrogen-bond acceptors (Lipinski definition) is 3. The number of hydrogen-bond donors (Lipinski definition) is 1. The van der Waals surface area contributed by atoms with Crippen molar-refractivity contribution in [2.45, 2.75) is 25.4 Å². The van der Waals surface area contributed by atoms with Crippen molar-refractivity contribution >= 4 is 0 Å². The van der Waals surface area contributed by atoms with Gasteiger partial charge >= 0.3 is 0 Å². The molecule has 2 aromatic rings. The van der Waals surface area contributed by atoms with Gasteiger partial charge in [-0.1, -0.05) is 12.1 Å². The van der Waals surface area contributed by atoms with Crippen LogP contribution in [0.2, 0.25) is 0 Å². The van der Waals surface area contributed by atoms with Crippen LogP contribution in [0, 0.1) is 11.6 Å². The van der Waals surface area contributed by atoms with Gasteiger partial charge in [0, 0.05) is 6.42 Å². The quantitative estimate of drug-likeness (QED) is 0.903. The second kappa shape index (κ2) is 6.33. The highest BCUT2D eigenvalue weighted by Crippen LogP contribution is 2.19. The molecule has 0 saturated heterocycles. The Balaban J connectivity index is 1.82. The number of aliphatic hydroxyl groups excluding tert-OH is 1. The second-order valence-electron chi connectivity index (χ2n) is 4.28. The van der Waals surface area contributed by atoms with E-state index in [0.717, 1.165) is 12.4 Å². The number of nitrogens with zero attached hydrogens (tertiary/aromatic N) is 2. The van der Waals surface area contributed by atoms with Crippen LogP contribution in [0.4, 0.5) is 8.78 Å². The molecule has 0 spiro atoms. The fourth-order valence-electron chi connectivity index (χ4n) is 1.77. The van der Waals surface area contributed by atoms with Gasteiger partial charge in [-0.25, -0.2) is 18.7 Å². The smallest absolute Gasteiger partial charge is 0.159 e. The lowest BCUT2D eigenvalue weighted by molar-refractivity contribution is 0.164. The molecule has 19 heavy (non-hydrogen) atoms. The maximum Gasteiger partial charge on any atom is 0.159 e. The highest BCUT2D eigenvalue weighted by atomic mass is 19.1. The Morgan fingerprint density at radius 1 is 1.00 bits per heavy atom. The van der Waals surface area contributed by atoms with Gasteiger partial charge in [-0.2, -0.15) is 0 Å². The van der Waals surface area contributed by atoms with Crippen molar-refractivity contribution in [3.63, 3.8) is 0 Å². The average molecular weight is 264 g/mol. The van der Waals surface area contributed by atoms with Crippen LogP contribution in [-0.2, 0) is 6.42 Å². The summed E-state index contributed by atoms with van der Waals surface area (Å²) in [6.07, 6.45) is 3.37. The Kier molecular flexibility index (Phi) is 4.52. The normalized spacial score (nSPS) is 12.4. The van der Waals surface area contributed by atoms with Crippen molar-refractivity contribution in [1.29, 1.82) is 0 Å². The van der Waals surface area contributed by atoms with E-state index < -0.39 is 11.9 Å². The molecule has 1 heterocycles. The Hall–Kier alpha value is -1.88. The maximum absolute atomic E-state index is 12.7. The largest absolute Gasteiger partial charge is 0.388 e. The summed E-state index contributed by atoms with van der Waals surface area (Å²) in [5, 5.41) is 9.91. The third-order valence-electron chi connectivity index (χ3n) is 2.81. The number of aromatic nitrogens is 2. The lowest BCUT2D eigenvalue weighted by atomic mass is 10.0. The fraction of sp³-hybridized carbons (Fsp3) is 0.286. The van der Waals surface area contributed by atoms with Gasteiger partial charge in [0.25, 0.3) is 0 Å². The highest BCUT2D eigenvalue weighted by Gasteiger charge is 2.08. The van der Waals surface area contributed by atoms with Gasteiger partial charge < -0.3 is 5.11 Å². The van der Waals surface area contributed by atoms with Crippen LogP contribution in [-0.4, -0.2) is 15.1 Å². The molecular weight excluding hydrogens is 250 g/mol. The van der Waals surface area contributed by atoms with Crippen LogP contribution in [0.25, 0.3) is 0 Å². The summed E-state index contributed by atoms with van der Waals surface area (Å²) in [5.41, 5.74) is 0.682. The SMILES string of the molecule is OC(CCCc1ncc(F)cn1)c1ccc(F)cc1. The summed E-state index contributed by atoms with van der Waals surface area (Å²) in [6, 6.07) is 5.77. The Morgan fingerprint density at radius 2 is 1.63 bits per heavy atom. The lowest BCUT2D eigenvalue weighted by Gasteiger charge is -2.10. The number of aliphatic hydroxyl groups is 1. The van der Waals surface area contributed by atoms with Gasteiger partial charge in [0.05, 0.1) is 18.5 Å². The standard InChI is InChI=1S/C14H14F2N2O/c15-11-6-4-10(5-7-11)13(19)2-1-3-14-17-8-12(16)9-18-14/h4-9,13,19H,1-3H2. The molecule has 0 aliphatic carbocycles. The van der Waals surface area contributed by atoms with Gasteiger partial charge in [-0.15, -0.1) is 0 Å². The molecule has 1 aromatic heterocycles. The third kappa shape index (κ3) is 4.06. The Bertz CT molecular complexity index is 514. The molecule has 3 nitrogen and oxygen atoms in total. The minimum absolute atomic E-state index is 0.323. The fourth-order valence-corrected chi connectivity index (χ4v) is 1.77. The van der Waals surface area contributed by atoms with E-state index in [1.807, 2.05) is 0 Å². The number of aryl methyl sites for hydroxylation is 1. The van der Waals surface area contributed by atoms with E-state index in [1.165, 1.54) is 12.1 Å². The second-order valence-corrected chi connectivity index (χ2v) is 4.28. The van der Waals surface area contributed by atoms with E-state index in [0.29, 0.717) is 30.7 Å². The van der Waals surface area contributed by atoms with Crippen molar-refractivity contribution in [2.24, 2.45) is 0 Å². The van der Waals surface area contributed by atoms with E-state index in [-0.39, 0.29) is 5.82 Å². The molecule has 0 radical (unpaired) electrons. The first-order chi connectivity index (χ1) is 9.15. The molecule has 100 valence electrons. The molecule has 2 rings (SSSR count).